The molecule has 0 aliphatic heterocycles. The van der Waals surface area contributed by atoms with Crippen LogP contribution in [0.5, 0.6) is 0 Å². The van der Waals surface area contributed by atoms with Crippen molar-refractivity contribution < 1.29 is 0 Å². The molecule has 0 aromatic rings. The lowest BCUT2D eigenvalue weighted by molar-refractivity contribution is 0.0942. The Kier molecular flexibility index (Phi) is 8.59. The van der Waals surface area contributed by atoms with Gasteiger partial charge in [0.2, 0.25) is 0 Å². The summed E-state index contributed by atoms with van der Waals surface area (Å²) in [7, 11) is 0. The van der Waals surface area contributed by atoms with Crippen molar-refractivity contribution in [3.05, 3.63) is 0 Å². The molecular weight excluding hydrogens is 324 g/mol. The van der Waals surface area contributed by atoms with Gasteiger partial charge < -0.3 is 0 Å². The van der Waals surface area contributed by atoms with Gasteiger partial charge in [-0.25, -0.2) is 0 Å². The zero-order valence-electron chi connectivity index (χ0n) is 19.2. The van der Waals surface area contributed by atoms with E-state index in [1.54, 1.807) is 64.2 Å². The summed E-state index contributed by atoms with van der Waals surface area (Å²) >= 11 is 0. The fourth-order valence-corrected chi connectivity index (χ4v) is 7.25. The van der Waals surface area contributed by atoms with Crippen molar-refractivity contribution >= 4 is 0 Å². The lowest BCUT2D eigenvalue weighted by atomic mass is 9.64. The second-order valence-corrected chi connectivity index (χ2v) is 11.5. The molecule has 0 aromatic carbocycles. The molecule has 0 N–H and O–H groups in total. The van der Waals surface area contributed by atoms with E-state index in [2.05, 4.69) is 27.7 Å². The van der Waals surface area contributed by atoms with Crippen molar-refractivity contribution in [2.24, 2.45) is 47.3 Å². The molecule has 0 heterocycles. The fraction of sp³-hybridized carbons (Fsp3) is 1.00. The van der Waals surface area contributed by atoms with Gasteiger partial charge in [0.25, 0.3) is 0 Å². The summed E-state index contributed by atoms with van der Waals surface area (Å²) in [4.78, 5) is 0. The summed E-state index contributed by atoms with van der Waals surface area (Å²) in [5.74, 6) is 8.38. The van der Waals surface area contributed by atoms with Crippen LogP contribution in [0.4, 0.5) is 0 Å². The quantitative estimate of drug-likeness (QED) is 0.417. The Hall–Kier alpha value is 0. The van der Waals surface area contributed by atoms with Gasteiger partial charge in [0.15, 0.2) is 0 Å². The largest absolute Gasteiger partial charge is 0.0651 e. The molecule has 1 atom stereocenters. The monoisotopic (exact) mass is 374 g/mol. The first-order valence-corrected chi connectivity index (χ1v) is 13.1. The number of hydrogen-bond acceptors (Lipinski definition) is 0. The zero-order chi connectivity index (χ0) is 19.2. The van der Waals surface area contributed by atoms with Crippen LogP contribution >= 0.6 is 0 Å². The highest BCUT2D eigenvalue weighted by atomic mass is 14.4. The van der Waals surface area contributed by atoms with Crippen molar-refractivity contribution in [1.29, 1.82) is 0 Å². The van der Waals surface area contributed by atoms with Gasteiger partial charge in [-0.2, -0.15) is 0 Å². The highest BCUT2D eigenvalue weighted by Gasteiger charge is 2.35. The van der Waals surface area contributed by atoms with E-state index in [0.717, 1.165) is 47.3 Å². The third kappa shape index (κ3) is 6.24. The number of rotatable bonds is 7. The van der Waals surface area contributed by atoms with Crippen LogP contribution in [-0.2, 0) is 0 Å². The Labute approximate surface area is 171 Å². The molecular formula is C27H50. The van der Waals surface area contributed by atoms with E-state index in [1.807, 2.05) is 0 Å². The molecule has 3 rings (SSSR count). The van der Waals surface area contributed by atoms with Gasteiger partial charge in [-0.1, -0.05) is 53.4 Å². The molecule has 1 unspecified atom stereocenters. The molecule has 0 radical (unpaired) electrons. The van der Waals surface area contributed by atoms with E-state index < -0.39 is 0 Å². The van der Waals surface area contributed by atoms with Crippen LogP contribution < -0.4 is 0 Å². The van der Waals surface area contributed by atoms with E-state index in [0.29, 0.717) is 0 Å². The third-order valence-electron chi connectivity index (χ3n) is 9.33. The van der Waals surface area contributed by atoms with Crippen LogP contribution in [0.2, 0.25) is 0 Å². The van der Waals surface area contributed by atoms with Crippen molar-refractivity contribution in [2.75, 3.05) is 0 Å². The van der Waals surface area contributed by atoms with Crippen molar-refractivity contribution in [1.82, 2.24) is 0 Å². The highest BCUT2D eigenvalue weighted by Crippen LogP contribution is 2.47. The fourth-order valence-electron chi connectivity index (χ4n) is 7.25. The predicted molar refractivity (Wildman–Crippen MR) is 120 cm³/mol. The number of hydrogen-bond donors (Lipinski definition) is 0. The molecule has 3 fully saturated rings. The molecule has 158 valence electrons. The first-order chi connectivity index (χ1) is 13.1. The van der Waals surface area contributed by atoms with Gasteiger partial charge in [-0.15, -0.1) is 0 Å². The van der Waals surface area contributed by atoms with Gasteiger partial charge in [-0.3, -0.25) is 0 Å². The van der Waals surface area contributed by atoms with Crippen LogP contribution in [0.3, 0.4) is 0 Å². The Morgan fingerprint density at radius 1 is 0.593 bits per heavy atom. The molecule has 0 aromatic heterocycles. The normalized spacial score (nSPS) is 39.4. The highest BCUT2D eigenvalue weighted by molar-refractivity contribution is 4.86. The Balaban J connectivity index is 1.38. The molecule has 3 aliphatic carbocycles. The van der Waals surface area contributed by atoms with Crippen LogP contribution in [0.25, 0.3) is 0 Å². The van der Waals surface area contributed by atoms with Crippen LogP contribution in [0.15, 0.2) is 0 Å². The van der Waals surface area contributed by atoms with E-state index in [-0.39, 0.29) is 0 Å². The van der Waals surface area contributed by atoms with Gasteiger partial charge in [-0.05, 0) is 118 Å². The minimum Gasteiger partial charge on any atom is -0.0651 e. The van der Waals surface area contributed by atoms with E-state index >= 15 is 0 Å². The van der Waals surface area contributed by atoms with E-state index in [4.69, 9.17) is 0 Å². The average Bonchev–Trinajstić information content (AvgIpc) is 2.69. The zero-order valence-corrected chi connectivity index (χ0v) is 19.2. The summed E-state index contributed by atoms with van der Waals surface area (Å²) < 4.78 is 0. The smallest absolute Gasteiger partial charge is 0.0386 e. The molecule has 0 amide bonds. The minimum absolute atomic E-state index is 0.887. The van der Waals surface area contributed by atoms with Gasteiger partial charge in [0, 0.05) is 0 Å². The summed E-state index contributed by atoms with van der Waals surface area (Å²) in [6.45, 7) is 9.71. The van der Waals surface area contributed by atoms with Gasteiger partial charge >= 0.3 is 0 Å². The predicted octanol–water partition coefficient (Wildman–Crippen LogP) is 8.89. The van der Waals surface area contributed by atoms with Crippen molar-refractivity contribution in [3.63, 3.8) is 0 Å². The van der Waals surface area contributed by atoms with Gasteiger partial charge in [0.05, 0.1) is 0 Å². The Morgan fingerprint density at radius 2 is 1.00 bits per heavy atom. The average molecular weight is 375 g/mol. The molecule has 3 aliphatic rings. The van der Waals surface area contributed by atoms with Crippen molar-refractivity contribution in [3.8, 4) is 0 Å². The summed E-state index contributed by atoms with van der Waals surface area (Å²) in [6.07, 6.45) is 23.1. The summed E-state index contributed by atoms with van der Waals surface area (Å²) in [6, 6.07) is 0. The Bertz CT molecular complexity index is 386. The maximum absolute atomic E-state index is 2.47. The molecule has 0 saturated heterocycles. The topological polar surface area (TPSA) is 0 Å². The van der Waals surface area contributed by atoms with E-state index in [1.165, 1.54) is 32.1 Å². The van der Waals surface area contributed by atoms with E-state index in [9.17, 15) is 0 Å². The van der Waals surface area contributed by atoms with Gasteiger partial charge in [0.1, 0.15) is 0 Å². The molecule has 0 spiro atoms. The van der Waals surface area contributed by atoms with Crippen LogP contribution in [-0.4, -0.2) is 0 Å². The SMILES string of the molecule is CCC(CCC(C)C)C1CCC(C2CCC(C3CCC(C)CC3)CC2)CC1. The second kappa shape index (κ2) is 10.7. The molecule has 0 nitrogen and oxygen atoms in total. The lowest BCUT2D eigenvalue weighted by Gasteiger charge is -2.42. The minimum atomic E-state index is 0.887. The summed E-state index contributed by atoms with van der Waals surface area (Å²) in [5, 5.41) is 0. The Morgan fingerprint density at radius 3 is 1.41 bits per heavy atom. The standard InChI is InChI=1S/C27H50/c1-5-22(9-6-20(2)3)23-12-14-26(15-13-23)27-18-16-25(17-19-27)24-10-7-21(4)8-11-24/h20-27H,5-19H2,1-4H3. The first-order valence-electron chi connectivity index (χ1n) is 13.1. The van der Waals surface area contributed by atoms with Crippen LogP contribution in [0.1, 0.15) is 124 Å². The molecule has 3 saturated carbocycles. The lowest BCUT2D eigenvalue weighted by Crippen LogP contribution is -2.30. The van der Waals surface area contributed by atoms with Crippen LogP contribution in [0, 0.1) is 47.3 Å². The molecule has 27 heavy (non-hydrogen) atoms. The summed E-state index contributed by atoms with van der Waals surface area (Å²) in [5.41, 5.74) is 0. The molecule has 0 heteroatoms. The third-order valence-corrected chi connectivity index (χ3v) is 9.33. The second-order valence-electron chi connectivity index (χ2n) is 11.5. The maximum Gasteiger partial charge on any atom is -0.0386 e. The first kappa shape index (κ1) is 21.7. The van der Waals surface area contributed by atoms with Crippen molar-refractivity contribution in [2.45, 2.75) is 124 Å². The molecule has 0 bridgehead atoms. The maximum atomic E-state index is 2.47.